The molecule has 1 aromatic heterocycles. The van der Waals surface area contributed by atoms with Gasteiger partial charge in [0.05, 0.1) is 21.1 Å². The van der Waals surface area contributed by atoms with Gasteiger partial charge in [-0.1, -0.05) is 32.9 Å². The number of hydrogen-bond donors (Lipinski definition) is 0. The molecule has 0 amide bonds. The van der Waals surface area contributed by atoms with Gasteiger partial charge in [-0.05, 0) is 95.9 Å². The molecule has 0 unspecified atom stereocenters. The van der Waals surface area contributed by atoms with Gasteiger partial charge in [-0.15, -0.1) is 0 Å². The number of aryl methyl sites for hydroxylation is 1. The highest BCUT2D eigenvalue weighted by atomic mass is 127. The van der Waals surface area contributed by atoms with Crippen molar-refractivity contribution >= 4 is 24.4 Å². The van der Waals surface area contributed by atoms with Gasteiger partial charge in [-0.25, -0.2) is 0 Å². The van der Waals surface area contributed by atoms with E-state index in [1.54, 1.807) is 3.58 Å². The Labute approximate surface area is 208 Å². The summed E-state index contributed by atoms with van der Waals surface area (Å²) in [6.45, 7) is 4.53. The third kappa shape index (κ3) is 4.64. The number of ether oxygens (including phenoxy) is 1. The molecule has 0 spiro atoms. The first-order valence-electron chi connectivity index (χ1n) is 12.3. The maximum Gasteiger partial charge on any atom is 0.100 e. The van der Waals surface area contributed by atoms with Crippen molar-refractivity contribution in [1.82, 2.24) is 19.7 Å². The normalized spacial score (nSPS) is 28.0. The molecule has 4 aliphatic rings. The molecule has 0 N–H and O–H groups in total. The van der Waals surface area contributed by atoms with E-state index in [4.69, 9.17) is 9.72 Å². The number of nitrogens with zero attached hydrogens (tertiary/aromatic N) is 4. The van der Waals surface area contributed by atoms with Gasteiger partial charge in [-0.2, -0.15) is 0 Å². The van der Waals surface area contributed by atoms with Crippen molar-refractivity contribution in [3.63, 3.8) is 0 Å². The number of pyridine rings is 1. The number of rotatable bonds is 5. The molecule has 33 heavy (non-hydrogen) atoms. The van der Waals surface area contributed by atoms with Crippen LogP contribution >= 0.6 is 20.7 Å². The molecule has 0 saturated carbocycles. The Hall–Kier alpha value is -1.35. The largest absolute Gasteiger partial charge is 0.375 e. The fraction of sp³-hybridized carbons (Fsp3) is 0.556. The zero-order valence-electron chi connectivity index (χ0n) is 20.4. The summed E-state index contributed by atoms with van der Waals surface area (Å²) in [6, 6.07) is 5.17. The van der Waals surface area contributed by atoms with E-state index in [9.17, 15) is 0 Å². The number of hydrogen-bond acceptors (Lipinski definition) is 5. The molecular weight excluding hydrogens is 523 g/mol. The monoisotopic (exact) mass is 560 g/mol. The number of methoxy groups -OCH3 is 1. The summed E-state index contributed by atoms with van der Waals surface area (Å²) in [7, 11) is 6.44. The van der Waals surface area contributed by atoms with Crippen molar-refractivity contribution in [1.29, 1.82) is 0 Å². The molecule has 0 aromatic carbocycles. The SMILES string of the molecule is CO[C@@H](C1=CC=CC2=IC([C@H]3CCC[C@@H](c4ncccc4C)N3C)=CN12)C1CCN(C)CC1. The van der Waals surface area contributed by atoms with Gasteiger partial charge in [0.2, 0.25) is 0 Å². The van der Waals surface area contributed by atoms with Crippen LogP contribution in [0.1, 0.15) is 49.4 Å². The standard InChI is InChI=1S/C27H37IN4O/c1-19-8-7-15-29-26(19)23-10-5-9-22(31(23)3)21-18-32-24(11-6-12-25(32)28-21)27(33-4)20-13-16-30(2)17-14-20/h6-8,11-12,15,18,20,22-23,27H,5,9-10,13-14,16-17H2,1-4H3/t22-,23+,27-/m1/s1. The van der Waals surface area contributed by atoms with Crippen LogP contribution in [0.5, 0.6) is 0 Å². The van der Waals surface area contributed by atoms with Gasteiger partial charge in [0.1, 0.15) is 6.10 Å². The van der Waals surface area contributed by atoms with Crippen LogP contribution in [-0.4, -0.2) is 69.8 Å². The molecule has 1 aromatic rings. The zero-order chi connectivity index (χ0) is 22.9. The van der Waals surface area contributed by atoms with Crippen LogP contribution in [-0.2, 0) is 4.74 Å². The molecule has 0 bridgehead atoms. The van der Waals surface area contributed by atoms with E-state index >= 15 is 0 Å². The smallest absolute Gasteiger partial charge is 0.100 e. The highest BCUT2D eigenvalue weighted by molar-refractivity contribution is 14.2. The third-order valence-corrected chi connectivity index (χ3v) is 10.9. The van der Waals surface area contributed by atoms with Crippen molar-refractivity contribution in [3.05, 3.63) is 63.3 Å². The van der Waals surface area contributed by atoms with Crippen molar-refractivity contribution in [3.8, 4) is 0 Å². The van der Waals surface area contributed by atoms with E-state index in [-0.39, 0.29) is 26.8 Å². The average Bonchev–Trinajstić information content (AvgIpc) is 3.26. The quantitative estimate of drug-likeness (QED) is 0.475. The van der Waals surface area contributed by atoms with E-state index in [2.05, 4.69) is 72.3 Å². The minimum Gasteiger partial charge on any atom is -0.375 e. The van der Waals surface area contributed by atoms with Gasteiger partial charge in [0.15, 0.2) is 0 Å². The number of aromatic nitrogens is 1. The Morgan fingerprint density at radius 2 is 1.91 bits per heavy atom. The first-order chi connectivity index (χ1) is 16.1. The molecule has 178 valence electrons. The lowest BCUT2D eigenvalue weighted by molar-refractivity contribution is 0.0403. The van der Waals surface area contributed by atoms with E-state index in [1.165, 1.54) is 65.8 Å². The minimum absolute atomic E-state index is 0.169. The Kier molecular flexibility index (Phi) is 7.16. The second-order valence-corrected chi connectivity index (χ2v) is 12.8. The zero-order valence-corrected chi connectivity index (χ0v) is 22.5. The second kappa shape index (κ2) is 10.1. The van der Waals surface area contributed by atoms with Crippen LogP contribution in [0, 0.1) is 12.8 Å². The van der Waals surface area contributed by atoms with Gasteiger partial charge in [0, 0.05) is 29.1 Å². The molecule has 5 rings (SSSR count). The van der Waals surface area contributed by atoms with Crippen LogP contribution in [0.3, 0.4) is 0 Å². The van der Waals surface area contributed by atoms with Crippen molar-refractivity contribution in [2.24, 2.45) is 5.92 Å². The van der Waals surface area contributed by atoms with Crippen molar-refractivity contribution in [2.75, 3.05) is 34.3 Å². The fourth-order valence-electron chi connectivity index (χ4n) is 5.89. The van der Waals surface area contributed by atoms with Gasteiger partial charge in [-0.3, -0.25) is 9.88 Å². The Balaban J connectivity index is 1.38. The summed E-state index contributed by atoms with van der Waals surface area (Å²) < 4.78 is 9.29. The Morgan fingerprint density at radius 1 is 1.12 bits per heavy atom. The third-order valence-electron chi connectivity index (χ3n) is 7.83. The molecule has 2 fully saturated rings. The highest BCUT2D eigenvalue weighted by Crippen LogP contribution is 2.43. The summed E-state index contributed by atoms with van der Waals surface area (Å²) >= 11 is -0.169. The lowest BCUT2D eigenvalue weighted by Crippen LogP contribution is -2.41. The number of allylic oxidation sites excluding steroid dienone is 2. The molecule has 5 nitrogen and oxygen atoms in total. The average molecular weight is 561 g/mol. The first-order valence-corrected chi connectivity index (χ1v) is 14.5. The van der Waals surface area contributed by atoms with Crippen molar-refractivity contribution in [2.45, 2.75) is 57.2 Å². The topological polar surface area (TPSA) is 31.8 Å². The number of halogens is 1. The lowest BCUT2D eigenvalue weighted by atomic mass is 9.88. The molecule has 2 saturated heterocycles. The predicted octanol–water partition coefficient (Wildman–Crippen LogP) is 4.98. The second-order valence-electron chi connectivity index (χ2n) is 9.88. The molecular formula is C27H37IN4O. The molecule has 0 aliphatic carbocycles. The van der Waals surface area contributed by atoms with E-state index in [0.717, 1.165) is 0 Å². The van der Waals surface area contributed by atoms with E-state index in [1.807, 2.05) is 13.3 Å². The molecule has 3 atom stereocenters. The summed E-state index contributed by atoms with van der Waals surface area (Å²) in [6.07, 6.45) is 17.6. The molecule has 6 heteroatoms. The summed E-state index contributed by atoms with van der Waals surface area (Å²) in [5.41, 5.74) is 3.91. The van der Waals surface area contributed by atoms with Gasteiger partial charge >= 0.3 is 0 Å². The van der Waals surface area contributed by atoms with Crippen LogP contribution < -0.4 is 0 Å². The number of likely N-dealkylation sites (N-methyl/N-ethyl adjacent to an activating group) is 1. The Bertz CT molecular complexity index is 992. The maximum absolute atomic E-state index is 6.15. The maximum atomic E-state index is 6.15. The van der Waals surface area contributed by atoms with Gasteiger partial charge < -0.3 is 14.5 Å². The first kappa shape index (κ1) is 23.4. The van der Waals surface area contributed by atoms with E-state index in [0.29, 0.717) is 18.0 Å². The lowest BCUT2D eigenvalue weighted by Gasteiger charge is -2.40. The van der Waals surface area contributed by atoms with Gasteiger partial charge in [0.25, 0.3) is 0 Å². The Morgan fingerprint density at radius 3 is 2.67 bits per heavy atom. The van der Waals surface area contributed by atoms with Crippen LogP contribution in [0.25, 0.3) is 0 Å². The number of likely N-dealkylation sites (tertiary alicyclic amines) is 2. The van der Waals surface area contributed by atoms with Crippen LogP contribution in [0.4, 0.5) is 0 Å². The predicted molar refractivity (Wildman–Crippen MR) is 144 cm³/mol. The summed E-state index contributed by atoms with van der Waals surface area (Å²) in [5.74, 6) is 0.592. The van der Waals surface area contributed by atoms with Crippen LogP contribution in [0.2, 0.25) is 0 Å². The summed E-state index contributed by atoms with van der Waals surface area (Å²) in [4.78, 5) is 12.3. The molecule has 4 aliphatic heterocycles. The molecule has 0 radical (unpaired) electrons. The highest BCUT2D eigenvalue weighted by Gasteiger charge is 2.37. The fourth-order valence-corrected chi connectivity index (χ4v) is 9.12. The van der Waals surface area contributed by atoms with Crippen LogP contribution in [0.15, 0.2) is 52.0 Å². The van der Waals surface area contributed by atoms with E-state index < -0.39 is 0 Å². The molecule has 5 heterocycles. The minimum atomic E-state index is -0.169. The number of piperidine rings is 2. The number of fused-ring (bicyclic) bond motifs is 1. The van der Waals surface area contributed by atoms with Crippen molar-refractivity contribution < 1.29 is 4.74 Å². The summed E-state index contributed by atoms with van der Waals surface area (Å²) in [5, 5.41) is 0.